The monoisotopic (exact) mass is 182 g/mol. The van der Waals surface area contributed by atoms with Crippen LogP contribution in [0.25, 0.3) is 0 Å². The van der Waals surface area contributed by atoms with Crippen LogP contribution < -0.4 is 5.32 Å². The molecule has 5 heteroatoms. The molecule has 2 nitrogen and oxygen atoms in total. The van der Waals surface area contributed by atoms with E-state index in [1.54, 1.807) is 5.32 Å². The van der Waals surface area contributed by atoms with Gasteiger partial charge >= 0.3 is 6.30 Å². The molecule has 0 saturated carbocycles. The number of rotatable bonds is 2. The molecule has 1 atom stereocenters. The molecule has 72 valence electrons. The van der Waals surface area contributed by atoms with Gasteiger partial charge < -0.3 is 4.90 Å². The molecular weight excluding hydrogens is 169 g/mol. The lowest BCUT2D eigenvalue weighted by Gasteiger charge is -2.20. The van der Waals surface area contributed by atoms with Crippen molar-refractivity contribution in [2.75, 3.05) is 20.1 Å². The van der Waals surface area contributed by atoms with Crippen molar-refractivity contribution in [3.05, 3.63) is 0 Å². The van der Waals surface area contributed by atoms with Crippen LogP contribution in [0.15, 0.2) is 0 Å². The molecule has 0 aromatic carbocycles. The van der Waals surface area contributed by atoms with Crippen LogP contribution >= 0.6 is 0 Å². The van der Waals surface area contributed by atoms with Crippen molar-refractivity contribution >= 4 is 0 Å². The molecule has 1 saturated heterocycles. The number of nitrogens with one attached hydrogen (secondary N) is 1. The fraction of sp³-hybridized carbons (Fsp3) is 1.00. The topological polar surface area (TPSA) is 15.3 Å². The summed E-state index contributed by atoms with van der Waals surface area (Å²) in [4.78, 5) is 1.96. The smallest absolute Gasteiger partial charge is 0.302 e. The van der Waals surface area contributed by atoms with Crippen molar-refractivity contribution in [2.24, 2.45) is 0 Å². The molecule has 0 radical (unpaired) electrons. The first-order valence-corrected chi connectivity index (χ1v) is 4.01. The minimum absolute atomic E-state index is 0.0139. The molecule has 1 unspecified atom stereocenters. The largest absolute Gasteiger partial charge is 0.457 e. The van der Waals surface area contributed by atoms with Gasteiger partial charge in [0.05, 0.1) is 0 Å². The van der Waals surface area contributed by atoms with Crippen molar-refractivity contribution < 1.29 is 13.2 Å². The summed E-state index contributed by atoms with van der Waals surface area (Å²) in [5.41, 5.74) is 0. The highest BCUT2D eigenvalue weighted by Crippen LogP contribution is 2.16. The Morgan fingerprint density at radius 3 is 2.58 bits per heavy atom. The normalized spacial score (nSPS) is 26.5. The van der Waals surface area contributed by atoms with Crippen LogP contribution in [-0.4, -0.2) is 37.4 Å². The third kappa shape index (κ3) is 2.98. The second-order valence-electron chi connectivity index (χ2n) is 3.16. The zero-order valence-corrected chi connectivity index (χ0v) is 6.99. The van der Waals surface area contributed by atoms with Crippen molar-refractivity contribution in [3.63, 3.8) is 0 Å². The Hall–Kier alpha value is -0.290. The average molecular weight is 182 g/mol. The zero-order chi connectivity index (χ0) is 9.19. The molecule has 12 heavy (non-hydrogen) atoms. The number of nitrogens with zero attached hydrogens (tertiary/aromatic N) is 1. The van der Waals surface area contributed by atoms with Gasteiger partial charge in [0.15, 0.2) is 0 Å². The Bertz CT molecular complexity index is 146. The van der Waals surface area contributed by atoms with Crippen LogP contribution in [-0.2, 0) is 0 Å². The fourth-order valence-corrected chi connectivity index (χ4v) is 1.47. The average Bonchev–Trinajstić information content (AvgIpc) is 2.29. The number of hydrogen-bond acceptors (Lipinski definition) is 2. The van der Waals surface area contributed by atoms with Crippen LogP contribution in [0.2, 0.25) is 0 Å². The predicted molar refractivity (Wildman–Crippen MR) is 39.7 cm³/mol. The van der Waals surface area contributed by atoms with Crippen LogP contribution in [0.1, 0.15) is 12.8 Å². The van der Waals surface area contributed by atoms with E-state index in [0.29, 0.717) is 0 Å². The first kappa shape index (κ1) is 9.80. The molecule has 1 fully saturated rings. The summed E-state index contributed by atoms with van der Waals surface area (Å²) in [6.45, 7) is 0.921. The molecule has 1 aliphatic rings. The first-order valence-electron chi connectivity index (χ1n) is 4.01. The van der Waals surface area contributed by atoms with E-state index in [4.69, 9.17) is 0 Å². The van der Waals surface area contributed by atoms with Gasteiger partial charge in [0.2, 0.25) is 0 Å². The van der Waals surface area contributed by atoms with Crippen LogP contribution in [0.4, 0.5) is 13.2 Å². The lowest BCUT2D eigenvalue weighted by molar-refractivity contribution is -0.158. The Labute approximate surface area is 69.7 Å². The standard InChI is InChI=1S/C7H13F3N2/c1-12-4-2-3-6(12)5-11-7(8,9)10/h6,11H,2-5H2,1H3. The molecule has 1 N–H and O–H groups in total. The van der Waals surface area contributed by atoms with Gasteiger partial charge in [0, 0.05) is 12.6 Å². The maximum absolute atomic E-state index is 11.7. The molecule has 0 bridgehead atoms. The van der Waals surface area contributed by atoms with Gasteiger partial charge in [0.1, 0.15) is 0 Å². The first-order chi connectivity index (χ1) is 5.49. The quantitative estimate of drug-likeness (QED) is 0.645. The van der Waals surface area contributed by atoms with E-state index < -0.39 is 6.30 Å². The summed E-state index contributed by atoms with van der Waals surface area (Å²) in [7, 11) is 1.86. The van der Waals surface area contributed by atoms with E-state index in [0.717, 1.165) is 19.4 Å². The van der Waals surface area contributed by atoms with E-state index in [1.165, 1.54) is 0 Å². The summed E-state index contributed by atoms with van der Waals surface area (Å²) >= 11 is 0. The van der Waals surface area contributed by atoms with E-state index in [2.05, 4.69) is 0 Å². The summed E-state index contributed by atoms with van der Waals surface area (Å²) in [6, 6.07) is 0.0478. The zero-order valence-electron chi connectivity index (χ0n) is 6.99. The Balaban J connectivity index is 2.23. The second-order valence-corrected chi connectivity index (χ2v) is 3.16. The SMILES string of the molecule is CN1CCCC1CNC(F)(F)F. The third-order valence-corrected chi connectivity index (χ3v) is 2.21. The summed E-state index contributed by atoms with van der Waals surface area (Å²) in [5.74, 6) is 0. The van der Waals surface area contributed by atoms with Gasteiger partial charge in [-0.25, -0.2) is 5.32 Å². The van der Waals surface area contributed by atoms with Crippen molar-refractivity contribution in [1.29, 1.82) is 0 Å². The molecule has 0 amide bonds. The van der Waals surface area contributed by atoms with Crippen LogP contribution in [0.3, 0.4) is 0 Å². The summed E-state index contributed by atoms with van der Waals surface area (Å²) in [6.07, 6.45) is -2.37. The van der Waals surface area contributed by atoms with Crippen LogP contribution in [0, 0.1) is 0 Å². The predicted octanol–water partition coefficient (Wildman–Crippen LogP) is 1.19. The van der Waals surface area contributed by atoms with E-state index in [-0.39, 0.29) is 12.6 Å². The van der Waals surface area contributed by atoms with Gasteiger partial charge in [0.25, 0.3) is 0 Å². The lowest BCUT2D eigenvalue weighted by atomic mass is 10.2. The maximum Gasteiger partial charge on any atom is 0.457 e. The summed E-state index contributed by atoms with van der Waals surface area (Å²) < 4.78 is 35.1. The maximum atomic E-state index is 11.7. The van der Waals surface area contributed by atoms with Gasteiger partial charge in [-0.1, -0.05) is 0 Å². The lowest BCUT2D eigenvalue weighted by Crippen LogP contribution is -2.41. The van der Waals surface area contributed by atoms with Crippen LogP contribution in [0.5, 0.6) is 0 Å². The Kier molecular flexibility index (Phi) is 2.95. The molecule has 0 spiro atoms. The Morgan fingerprint density at radius 1 is 1.50 bits per heavy atom. The number of likely N-dealkylation sites (N-methyl/N-ethyl adjacent to an activating group) is 1. The fourth-order valence-electron chi connectivity index (χ4n) is 1.47. The van der Waals surface area contributed by atoms with Crippen molar-refractivity contribution in [2.45, 2.75) is 25.2 Å². The summed E-state index contributed by atoms with van der Waals surface area (Å²) in [5, 5.41) is 1.55. The van der Waals surface area contributed by atoms with E-state index >= 15 is 0 Å². The van der Waals surface area contributed by atoms with E-state index in [9.17, 15) is 13.2 Å². The number of hydrogen-bond donors (Lipinski definition) is 1. The highest BCUT2D eigenvalue weighted by molar-refractivity contribution is 4.78. The van der Waals surface area contributed by atoms with Gasteiger partial charge in [-0.2, -0.15) is 13.2 Å². The molecule has 0 aromatic rings. The number of halogens is 3. The molecule has 1 heterocycles. The Morgan fingerprint density at radius 2 is 2.17 bits per heavy atom. The van der Waals surface area contributed by atoms with Crippen molar-refractivity contribution in [3.8, 4) is 0 Å². The second kappa shape index (κ2) is 3.62. The third-order valence-electron chi connectivity index (χ3n) is 2.21. The number of likely N-dealkylation sites (tertiary alicyclic amines) is 1. The van der Waals surface area contributed by atoms with E-state index in [1.807, 2.05) is 11.9 Å². The van der Waals surface area contributed by atoms with Gasteiger partial charge in [-0.3, -0.25) is 0 Å². The minimum atomic E-state index is -4.23. The molecule has 1 rings (SSSR count). The van der Waals surface area contributed by atoms with Gasteiger partial charge in [-0.15, -0.1) is 0 Å². The molecular formula is C7H13F3N2. The molecule has 1 aliphatic heterocycles. The highest BCUT2D eigenvalue weighted by atomic mass is 19.4. The van der Waals surface area contributed by atoms with Gasteiger partial charge in [-0.05, 0) is 26.4 Å². The van der Waals surface area contributed by atoms with Crippen molar-refractivity contribution in [1.82, 2.24) is 10.2 Å². The molecule has 0 aromatic heterocycles. The molecule has 0 aliphatic carbocycles. The highest BCUT2D eigenvalue weighted by Gasteiger charge is 2.30. The number of alkyl halides is 3. The minimum Gasteiger partial charge on any atom is -0.302 e.